The van der Waals surface area contributed by atoms with Crippen LogP contribution in [0.1, 0.15) is 59.8 Å². The van der Waals surface area contributed by atoms with Crippen LogP contribution in [0.25, 0.3) is 0 Å². The van der Waals surface area contributed by atoms with Crippen molar-refractivity contribution in [2.75, 3.05) is 0 Å². The second kappa shape index (κ2) is 3.03. The molecule has 0 heteroatoms. The summed E-state index contributed by atoms with van der Waals surface area (Å²) < 4.78 is 0. The molecule has 4 aliphatic carbocycles. The molecule has 0 amide bonds. The lowest BCUT2D eigenvalue weighted by Gasteiger charge is -2.51. The molecular weight excluding hydrogens is 192 g/mol. The molecule has 0 aromatic carbocycles. The number of hydrogen-bond acceptors (Lipinski definition) is 0. The van der Waals surface area contributed by atoms with Crippen LogP contribution >= 0.6 is 0 Å². The molecule has 0 aromatic heterocycles. The van der Waals surface area contributed by atoms with Crippen molar-refractivity contribution in [2.24, 2.45) is 16.7 Å². The molecule has 4 rings (SSSR count). The third-order valence-corrected chi connectivity index (χ3v) is 4.76. The van der Waals surface area contributed by atoms with Gasteiger partial charge in [-0.25, -0.2) is 0 Å². The Bertz CT molecular complexity index is 381. The Morgan fingerprint density at radius 1 is 1.12 bits per heavy atom. The van der Waals surface area contributed by atoms with Gasteiger partial charge in [-0.2, -0.15) is 0 Å². The maximum Gasteiger partial charge on any atom is 0.0180 e. The highest BCUT2D eigenvalue weighted by molar-refractivity contribution is 5.64. The molecule has 4 aliphatic rings. The average Bonchev–Trinajstić information content (AvgIpc) is 2.69. The van der Waals surface area contributed by atoms with E-state index < -0.39 is 0 Å². The minimum atomic E-state index is 0.338. The molecule has 1 radical (unpaired) electrons. The maximum atomic E-state index is 3.75. The third kappa shape index (κ3) is 1.11. The largest absolute Gasteiger partial charge is 0.0561 e. The van der Waals surface area contributed by atoms with E-state index in [4.69, 9.17) is 0 Å². The summed E-state index contributed by atoms with van der Waals surface area (Å²) in [5, 5.41) is 0. The van der Waals surface area contributed by atoms with Gasteiger partial charge in [-0.1, -0.05) is 47.0 Å². The monoisotopic (exact) mass is 215 g/mol. The Balaban J connectivity index is 2.04. The van der Waals surface area contributed by atoms with Crippen LogP contribution in [-0.2, 0) is 0 Å². The molecule has 0 nitrogen and oxygen atoms in total. The Morgan fingerprint density at radius 2 is 1.75 bits per heavy atom. The van der Waals surface area contributed by atoms with Crippen LogP contribution in [0.3, 0.4) is 0 Å². The molecule has 1 atom stereocenters. The minimum Gasteiger partial charge on any atom is -0.0561 e. The van der Waals surface area contributed by atoms with Crippen molar-refractivity contribution in [3.05, 3.63) is 22.8 Å². The topological polar surface area (TPSA) is 0 Å². The van der Waals surface area contributed by atoms with Gasteiger partial charge in [-0.05, 0) is 41.1 Å². The molecule has 1 fully saturated rings. The van der Waals surface area contributed by atoms with E-state index in [0.29, 0.717) is 16.7 Å². The molecular formula is C16H23. The minimum absolute atomic E-state index is 0.338. The lowest BCUT2D eigenvalue weighted by Crippen LogP contribution is -2.40. The summed E-state index contributed by atoms with van der Waals surface area (Å²) in [7, 11) is 0. The molecule has 87 valence electrons. The first kappa shape index (κ1) is 10.6. The Labute approximate surface area is 99.8 Å². The van der Waals surface area contributed by atoms with E-state index >= 15 is 0 Å². The number of allylic oxidation sites excluding steroid dienone is 4. The van der Waals surface area contributed by atoms with Crippen LogP contribution in [0.2, 0.25) is 0 Å². The quantitative estimate of drug-likeness (QED) is 0.550. The predicted molar refractivity (Wildman–Crippen MR) is 67.9 cm³/mol. The zero-order valence-electron chi connectivity index (χ0n) is 11.1. The highest BCUT2D eigenvalue weighted by Crippen LogP contribution is 2.68. The van der Waals surface area contributed by atoms with E-state index in [0.717, 1.165) is 0 Å². The summed E-state index contributed by atoms with van der Waals surface area (Å²) in [6.07, 6.45) is 10.9. The molecule has 2 bridgehead atoms. The van der Waals surface area contributed by atoms with Gasteiger partial charge >= 0.3 is 0 Å². The van der Waals surface area contributed by atoms with Gasteiger partial charge in [-0.15, -0.1) is 0 Å². The van der Waals surface area contributed by atoms with Crippen molar-refractivity contribution in [1.29, 1.82) is 0 Å². The average molecular weight is 215 g/mol. The van der Waals surface area contributed by atoms with Crippen LogP contribution in [0, 0.1) is 22.8 Å². The predicted octanol–water partition coefficient (Wildman–Crippen LogP) is 4.67. The Hall–Kier alpha value is -0.520. The summed E-state index contributed by atoms with van der Waals surface area (Å²) in [5.74, 6) is 0.613. The second-order valence-corrected chi connectivity index (χ2v) is 6.92. The van der Waals surface area contributed by atoms with Crippen molar-refractivity contribution in [3.63, 3.8) is 0 Å². The normalized spacial score (nSPS) is 31.8. The van der Waals surface area contributed by atoms with Gasteiger partial charge in [-0.3, -0.25) is 0 Å². The van der Waals surface area contributed by atoms with Crippen LogP contribution in [0.5, 0.6) is 0 Å². The second-order valence-electron chi connectivity index (χ2n) is 6.92. The molecule has 1 saturated carbocycles. The molecule has 16 heavy (non-hydrogen) atoms. The zero-order chi connectivity index (χ0) is 11.6. The zero-order valence-corrected chi connectivity index (χ0v) is 11.1. The highest BCUT2D eigenvalue weighted by Gasteiger charge is 2.57. The number of rotatable bonds is 0. The van der Waals surface area contributed by atoms with E-state index in [2.05, 4.69) is 33.8 Å². The molecule has 0 aliphatic heterocycles. The van der Waals surface area contributed by atoms with Gasteiger partial charge in [0.2, 0.25) is 0 Å². The molecule has 1 spiro atoms. The third-order valence-electron chi connectivity index (χ3n) is 4.76. The van der Waals surface area contributed by atoms with Crippen LogP contribution < -0.4 is 0 Å². The first-order valence-corrected chi connectivity index (χ1v) is 6.86. The van der Waals surface area contributed by atoms with Gasteiger partial charge in [0, 0.05) is 11.3 Å². The fourth-order valence-electron chi connectivity index (χ4n) is 4.27. The van der Waals surface area contributed by atoms with E-state index in [1.165, 1.54) is 32.1 Å². The van der Waals surface area contributed by atoms with Crippen molar-refractivity contribution < 1.29 is 0 Å². The van der Waals surface area contributed by atoms with E-state index in [1.807, 2.05) is 0 Å². The summed E-state index contributed by atoms with van der Waals surface area (Å²) in [6.45, 7) is 9.42. The first-order valence-electron chi connectivity index (χ1n) is 6.86. The van der Waals surface area contributed by atoms with Crippen molar-refractivity contribution >= 4 is 0 Å². The van der Waals surface area contributed by atoms with E-state index in [-0.39, 0.29) is 0 Å². The Kier molecular flexibility index (Phi) is 2.01. The summed E-state index contributed by atoms with van der Waals surface area (Å²) in [4.78, 5) is 0. The van der Waals surface area contributed by atoms with Gasteiger partial charge < -0.3 is 0 Å². The lowest BCUT2D eigenvalue weighted by atomic mass is 9.52. The molecule has 1 unspecified atom stereocenters. The van der Waals surface area contributed by atoms with Gasteiger partial charge in [0.25, 0.3) is 0 Å². The van der Waals surface area contributed by atoms with Crippen LogP contribution in [0.15, 0.2) is 16.7 Å². The fraction of sp³-hybridized carbons (Fsp3) is 0.750. The van der Waals surface area contributed by atoms with E-state index in [9.17, 15) is 0 Å². The van der Waals surface area contributed by atoms with Crippen molar-refractivity contribution in [1.82, 2.24) is 0 Å². The van der Waals surface area contributed by atoms with Crippen molar-refractivity contribution in [3.8, 4) is 0 Å². The Morgan fingerprint density at radius 3 is 2.19 bits per heavy atom. The summed E-state index contributed by atoms with van der Waals surface area (Å²) >= 11 is 0. The first-order chi connectivity index (χ1) is 7.47. The summed E-state index contributed by atoms with van der Waals surface area (Å²) in [6, 6.07) is 0. The smallest absolute Gasteiger partial charge is 0.0180 e. The van der Waals surface area contributed by atoms with Gasteiger partial charge in [0.05, 0.1) is 0 Å². The summed E-state index contributed by atoms with van der Waals surface area (Å²) in [5.41, 5.74) is 5.92. The SMILES string of the molecule is CC1[C]=C2C(C(C)(C)C)=C1C21CCCCC1. The van der Waals surface area contributed by atoms with E-state index in [1.54, 1.807) is 16.7 Å². The number of fused-ring (bicyclic) bond motifs is 1. The van der Waals surface area contributed by atoms with Crippen LogP contribution in [0.4, 0.5) is 0 Å². The standard InChI is InChI=1S/C16H23/c1-11-10-12-14(15(2,3)4)13(11)16(12)8-6-5-7-9-16/h11H,5-9H2,1-4H3. The molecule has 0 saturated heterocycles. The molecule has 0 aromatic rings. The fourth-order valence-corrected chi connectivity index (χ4v) is 4.27. The van der Waals surface area contributed by atoms with Gasteiger partial charge in [0.1, 0.15) is 0 Å². The maximum absolute atomic E-state index is 3.75. The highest BCUT2D eigenvalue weighted by atomic mass is 14.6. The molecule has 0 N–H and O–H groups in total. The van der Waals surface area contributed by atoms with Gasteiger partial charge in [0.15, 0.2) is 0 Å². The van der Waals surface area contributed by atoms with Crippen LogP contribution in [-0.4, -0.2) is 0 Å². The van der Waals surface area contributed by atoms with Crippen molar-refractivity contribution in [2.45, 2.75) is 59.8 Å². The molecule has 0 heterocycles. The number of hydrogen-bond donors (Lipinski definition) is 0. The lowest BCUT2D eigenvalue weighted by molar-refractivity contribution is 0.247.